The number of carboxylic acid groups (broad SMARTS) is 1. The molecule has 0 aromatic heterocycles. The molecule has 0 aliphatic heterocycles. The number of carboxylic acids is 1. The molecule has 7 heteroatoms. The number of ether oxygens (including phenoxy) is 1. The van der Waals surface area contributed by atoms with E-state index in [1.807, 2.05) is 39.0 Å². The van der Waals surface area contributed by atoms with Gasteiger partial charge in [0.25, 0.3) is 0 Å². The lowest BCUT2D eigenvalue weighted by Gasteiger charge is -2.21. The SMILES string of the molecule is CC(C)(C)NC(=O)CCC(NC(=O)OCc1ccccc1)C(=O)O. The van der Waals surface area contributed by atoms with E-state index in [-0.39, 0.29) is 25.4 Å². The van der Waals surface area contributed by atoms with Crippen LogP contribution in [-0.2, 0) is 20.9 Å². The smallest absolute Gasteiger partial charge is 0.408 e. The fourth-order valence-electron chi connectivity index (χ4n) is 1.92. The van der Waals surface area contributed by atoms with Crippen LogP contribution in [0, 0.1) is 0 Å². The van der Waals surface area contributed by atoms with E-state index in [2.05, 4.69) is 10.6 Å². The number of nitrogens with one attached hydrogen (secondary N) is 2. The molecule has 1 aromatic carbocycles. The number of hydrogen-bond donors (Lipinski definition) is 3. The molecule has 0 bridgehead atoms. The molecular weight excluding hydrogens is 312 g/mol. The first kappa shape index (κ1) is 19.5. The molecule has 24 heavy (non-hydrogen) atoms. The van der Waals surface area contributed by atoms with Crippen LogP contribution in [0.5, 0.6) is 0 Å². The van der Waals surface area contributed by atoms with Gasteiger partial charge in [-0.25, -0.2) is 9.59 Å². The maximum atomic E-state index is 11.7. The van der Waals surface area contributed by atoms with E-state index in [0.29, 0.717) is 0 Å². The Morgan fingerprint density at radius 2 is 1.79 bits per heavy atom. The van der Waals surface area contributed by atoms with Crippen LogP contribution in [0.25, 0.3) is 0 Å². The molecule has 0 aliphatic carbocycles. The number of carbonyl (C=O) groups is 3. The number of hydrogen-bond acceptors (Lipinski definition) is 4. The minimum atomic E-state index is -1.21. The summed E-state index contributed by atoms with van der Waals surface area (Å²) < 4.78 is 4.98. The van der Waals surface area contributed by atoms with Crippen LogP contribution >= 0.6 is 0 Å². The summed E-state index contributed by atoms with van der Waals surface area (Å²) in [6.45, 7) is 5.54. The van der Waals surface area contributed by atoms with Crippen LogP contribution < -0.4 is 10.6 Å². The van der Waals surface area contributed by atoms with E-state index in [4.69, 9.17) is 9.84 Å². The van der Waals surface area contributed by atoms with E-state index in [1.165, 1.54) is 0 Å². The van der Waals surface area contributed by atoms with Gasteiger partial charge in [-0.3, -0.25) is 4.79 Å². The zero-order chi connectivity index (χ0) is 18.2. The molecule has 0 saturated heterocycles. The molecular formula is C17H24N2O5. The molecule has 3 N–H and O–H groups in total. The normalized spacial score (nSPS) is 12.1. The Morgan fingerprint density at radius 3 is 2.33 bits per heavy atom. The highest BCUT2D eigenvalue weighted by atomic mass is 16.5. The van der Waals surface area contributed by atoms with Gasteiger partial charge in [0.2, 0.25) is 5.91 Å². The Hall–Kier alpha value is -2.57. The highest BCUT2D eigenvalue weighted by molar-refractivity contribution is 5.81. The van der Waals surface area contributed by atoms with Crippen LogP contribution in [0.3, 0.4) is 0 Å². The van der Waals surface area contributed by atoms with E-state index in [0.717, 1.165) is 5.56 Å². The first-order chi connectivity index (χ1) is 11.2. The predicted octanol–water partition coefficient (Wildman–Crippen LogP) is 2.06. The summed E-state index contributed by atoms with van der Waals surface area (Å²) in [4.78, 5) is 34.6. The number of rotatable bonds is 7. The maximum Gasteiger partial charge on any atom is 0.408 e. The molecule has 1 atom stereocenters. The van der Waals surface area contributed by atoms with Gasteiger partial charge in [0.05, 0.1) is 0 Å². The highest BCUT2D eigenvalue weighted by Gasteiger charge is 2.23. The number of alkyl carbamates (subject to hydrolysis) is 1. The molecule has 0 spiro atoms. The molecule has 1 unspecified atom stereocenters. The van der Waals surface area contributed by atoms with Crippen molar-refractivity contribution in [1.29, 1.82) is 0 Å². The molecule has 0 aliphatic rings. The molecule has 0 saturated carbocycles. The first-order valence-corrected chi connectivity index (χ1v) is 7.68. The van der Waals surface area contributed by atoms with Crippen LogP contribution in [0.15, 0.2) is 30.3 Å². The molecule has 7 nitrogen and oxygen atoms in total. The standard InChI is InChI=1S/C17H24N2O5/c1-17(2,3)19-14(20)10-9-13(15(21)22)18-16(23)24-11-12-7-5-4-6-8-12/h4-8,13H,9-11H2,1-3H3,(H,18,23)(H,19,20)(H,21,22). The van der Waals surface area contributed by atoms with Gasteiger partial charge in [-0.1, -0.05) is 30.3 Å². The lowest BCUT2D eigenvalue weighted by atomic mass is 10.1. The van der Waals surface area contributed by atoms with E-state index in [9.17, 15) is 14.4 Å². The van der Waals surface area contributed by atoms with Gasteiger partial charge in [-0.15, -0.1) is 0 Å². The highest BCUT2D eigenvalue weighted by Crippen LogP contribution is 2.05. The topological polar surface area (TPSA) is 105 Å². The molecule has 0 fully saturated rings. The number of carbonyl (C=O) groups excluding carboxylic acids is 2. The van der Waals surface area contributed by atoms with Gasteiger partial charge >= 0.3 is 12.1 Å². The Kier molecular flexibility index (Phi) is 7.23. The molecule has 132 valence electrons. The van der Waals surface area contributed by atoms with Crippen LogP contribution in [-0.4, -0.2) is 34.7 Å². The third-order valence-corrected chi connectivity index (χ3v) is 2.98. The summed E-state index contributed by atoms with van der Waals surface area (Å²) in [6, 6.07) is 7.86. The van der Waals surface area contributed by atoms with Crippen molar-refractivity contribution in [1.82, 2.24) is 10.6 Å². The molecule has 1 aromatic rings. The van der Waals surface area contributed by atoms with E-state index in [1.54, 1.807) is 12.1 Å². The first-order valence-electron chi connectivity index (χ1n) is 7.68. The van der Waals surface area contributed by atoms with Gasteiger partial charge < -0.3 is 20.5 Å². The van der Waals surface area contributed by atoms with Crippen molar-refractivity contribution in [3.8, 4) is 0 Å². The second-order valence-corrected chi connectivity index (χ2v) is 6.43. The Bertz CT molecular complexity index is 566. The second kappa shape index (κ2) is 8.90. The average molecular weight is 336 g/mol. The molecule has 0 radical (unpaired) electrons. The lowest BCUT2D eigenvalue weighted by Crippen LogP contribution is -2.44. The van der Waals surface area contributed by atoms with Gasteiger partial charge in [-0.05, 0) is 32.8 Å². The number of amides is 2. The van der Waals surface area contributed by atoms with Crippen LogP contribution in [0.1, 0.15) is 39.2 Å². The number of aliphatic carboxylic acids is 1. The summed E-state index contributed by atoms with van der Waals surface area (Å²) in [5.74, 6) is -1.48. The quantitative estimate of drug-likeness (QED) is 0.707. The summed E-state index contributed by atoms with van der Waals surface area (Å²) in [5, 5.41) is 14.2. The van der Waals surface area contributed by atoms with Crippen molar-refractivity contribution in [2.75, 3.05) is 0 Å². The van der Waals surface area contributed by atoms with Crippen molar-refractivity contribution in [2.24, 2.45) is 0 Å². The van der Waals surface area contributed by atoms with Crippen molar-refractivity contribution < 1.29 is 24.2 Å². The van der Waals surface area contributed by atoms with Crippen LogP contribution in [0.4, 0.5) is 4.79 Å². The Morgan fingerprint density at radius 1 is 1.17 bits per heavy atom. The van der Waals surface area contributed by atoms with Crippen LogP contribution in [0.2, 0.25) is 0 Å². The van der Waals surface area contributed by atoms with Crippen molar-refractivity contribution in [3.05, 3.63) is 35.9 Å². The fraction of sp³-hybridized carbons (Fsp3) is 0.471. The minimum Gasteiger partial charge on any atom is -0.480 e. The van der Waals surface area contributed by atoms with E-state index < -0.39 is 23.6 Å². The summed E-state index contributed by atoms with van der Waals surface area (Å²) in [6.07, 6.45) is -0.854. The molecule has 2 amide bonds. The van der Waals surface area contributed by atoms with Gasteiger partial charge in [0.15, 0.2) is 0 Å². The predicted molar refractivity (Wildman–Crippen MR) is 88.3 cm³/mol. The Balaban J connectivity index is 2.43. The van der Waals surface area contributed by atoms with Gasteiger partial charge in [0, 0.05) is 12.0 Å². The fourth-order valence-corrected chi connectivity index (χ4v) is 1.92. The zero-order valence-corrected chi connectivity index (χ0v) is 14.2. The van der Waals surface area contributed by atoms with Gasteiger partial charge in [-0.2, -0.15) is 0 Å². The third kappa shape index (κ3) is 8.17. The van der Waals surface area contributed by atoms with E-state index >= 15 is 0 Å². The summed E-state index contributed by atoms with van der Waals surface area (Å²) >= 11 is 0. The third-order valence-electron chi connectivity index (χ3n) is 2.98. The van der Waals surface area contributed by atoms with Gasteiger partial charge in [0.1, 0.15) is 12.6 Å². The largest absolute Gasteiger partial charge is 0.480 e. The van der Waals surface area contributed by atoms with Crippen molar-refractivity contribution >= 4 is 18.0 Å². The second-order valence-electron chi connectivity index (χ2n) is 6.43. The molecule has 1 rings (SSSR count). The summed E-state index contributed by atoms with van der Waals surface area (Å²) in [7, 11) is 0. The van der Waals surface area contributed by atoms with Crippen molar-refractivity contribution in [2.45, 2.75) is 51.8 Å². The zero-order valence-electron chi connectivity index (χ0n) is 14.2. The average Bonchev–Trinajstić information content (AvgIpc) is 2.48. The summed E-state index contributed by atoms with van der Waals surface area (Å²) in [5.41, 5.74) is 0.404. The monoisotopic (exact) mass is 336 g/mol. The Labute approximate surface area is 141 Å². The molecule has 0 heterocycles. The van der Waals surface area contributed by atoms with Crippen molar-refractivity contribution in [3.63, 3.8) is 0 Å². The lowest BCUT2D eigenvalue weighted by molar-refractivity contribution is -0.139. The minimum absolute atomic E-state index is 0.00674. The number of benzene rings is 1. The maximum absolute atomic E-state index is 11.7.